The van der Waals surface area contributed by atoms with Crippen molar-refractivity contribution in [2.45, 2.75) is 24.9 Å². The minimum Gasteiger partial charge on any atom is -0.394 e. The summed E-state index contributed by atoms with van der Waals surface area (Å²) in [4.78, 5) is 25.8. The van der Waals surface area contributed by atoms with Gasteiger partial charge in [0, 0.05) is 25.9 Å². The Morgan fingerprint density at radius 2 is 1.92 bits per heavy atom. The Balaban J connectivity index is 2.00. The van der Waals surface area contributed by atoms with Gasteiger partial charge in [-0.15, -0.1) is 0 Å². The van der Waals surface area contributed by atoms with E-state index in [1.807, 2.05) is 30.3 Å². The number of nitrogens with zero attached hydrogens (tertiary/aromatic N) is 1. The van der Waals surface area contributed by atoms with E-state index < -0.39 is 11.6 Å². The highest BCUT2D eigenvalue weighted by atomic mass is 16.3. The molecule has 1 aromatic rings. The molecule has 7 nitrogen and oxygen atoms in total. The molecule has 1 fully saturated rings. The lowest BCUT2D eigenvalue weighted by molar-refractivity contribution is -0.127. The molecule has 4 N–H and O–H groups in total. The lowest BCUT2D eigenvalue weighted by Gasteiger charge is -2.28. The van der Waals surface area contributed by atoms with Gasteiger partial charge in [0.15, 0.2) is 0 Å². The number of aliphatic hydroxyl groups is 2. The average molecular weight is 335 g/mol. The van der Waals surface area contributed by atoms with Gasteiger partial charge < -0.3 is 25.7 Å². The van der Waals surface area contributed by atoms with Gasteiger partial charge in [0.2, 0.25) is 5.91 Å². The third-order valence-electron chi connectivity index (χ3n) is 4.47. The second kappa shape index (κ2) is 7.63. The second-order valence-electron chi connectivity index (χ2n) is 6.54. The number of aliphatic hydroxyl groups excluding tert-OH is 2. The summed E-state index contributed by atoms with van der Waals surface area (Å²) in [6, 6.07) is 9.17. The topological polar surface area (TPSA) is 102 Å². The van der Waals surface area contributed by atoms with Crippen LogP contribution < -0.4 is 10.6 Å². The average Bonchev–Trinajstić information content (AvgIpc) is 2.88. The molecule has 0 spiro atoms. The minimum atomic E-state index is -1.08. The fourth-order valence-corrected chi connectivity index (χ4v) is 2.95. The van der Waals surface area contributed by atoms with E-state index in [9.17, 15) is 19.8 Å². The summed E-state index contributed by atoms with van der Waals surface area (Å²) in [5.41, 5.74) is -0.0424. The van der Waals surface area contributed by atoms with Gasteiger partial charge in [-0.3, -0.25) is 4.79 Å². The van der Waals surface area contributed by atoms with Gasteiger partial charge in [-0.1, -0.05) is 30.3 Å². The Hall–Kier alpha value is -2.12. The molecular formula is C17H25N3O4. The third-order valence-corrected chi connectivity index (χ3v) is 4.47. The molecule has 24 heavy (non-hydrogen) atoms. The van der Waals surface area contributed by atoms with Crippen LogP contribution in [-0.4, -0.2) is 59.4 Å². The number of hydrogen-bond donors (Lipinski definition) is 4. The zero-order chi connectivity index (χ0) is 17.7. The number of carbonyl (C=O) groups is 2. The number of rotatable bonds is 6. The minimum absolute atomic E-state index is 0.0369. The van der Waals surface area contributed by atoms with Crippen molar-refractivity contribution in [3.8, 4) is 0 Å². The maximum Gasteiger partial charge on any atom is 0.315 e. The van der Waals surface area contributed by atoms with Gasteiger partial charge in [-0.25, -0.2) is 4.79 Å². The third kappa shape index (κ3) is 4.04. The fourth-order valence-electron chi connectivity index (χ4n) is 2.95. The highest BCUT2D eigenvalue weighted by Gasteiger charge is 2.38. The maximum atomic E-state index is 12.1. The molecule has 0 aliphatic carbocycles. The molecule has 0 bridgehead atoms. The summed E-state index contributed by atoms with van der Waals surface area (Å²) in [5.74, 6) is 0.0109. The first-order valence-electron chi connectivity index (χ1n) is 7.98. The number of likely N-dealkylation sites (tertiary alicyclic amines) is 1. The van der Waals surface area contributed by atoms with Gasteiger partial charge in [-0.2, -0.15) is 0 Å². The Morgan fingerprint density at radius 3 is 2.50 bits per heavy atom. The molecule has 0 aromatic heterocycles. The smallest absolute Gasteiger partial charge is 0.315 e. The molecule has 0 radical (unpaired) electrons. The molecule has 3 amide bonds. The summed E-state index contributed by atoms with van der Waals surface area (Å²) < 4.78 is 0. The first kappa shape index (κ1) is 18.2. The largest absolute Gasteiger partial charge is 0.394 e. The van der Waals surface area contributed by atoms with Crippen molar-refractivity contribution in [2.24, 2.45) is 5.92 Å². The summed E-state index contributed by atoms with van der Waals surface area (Å²) in [5, 5.41) is 23.7. The number of hydrogen-bond acceptors (Lipinski definition) is 4. The van der Waals surface area contributed by atoms with E-state index in [0.717, 1.165) is 5.56 Å². The predicted molar refractivity (Wildman–Crippen MR) is 89.2 cm³/mol. The number of amides is 3. The molecule has 7 heteroatoms. The second-order valence-corrected chi connectivity index (χ2v) is 6.54. The van der Waals surface area contributed by atoms with Crippen molar-refractivity contribution in [1.82, 2.24) is 15.5 Å². The summed E-state index contributed by atoms with van der Waals surface area (Å²) in [6.07, 6.45) is 0.369. The maximum absolute atomic E-state index is 12.1. The van der Waals surface area contributed by atoms with Crippen LogP contribution in [0.15, 0.2) is 30.3 Å². The molecule has 2 atom stereocenters. The zero-order valence-corrected chi connectivity index (χ0v) is 14.0. The zero-order valence-electron chi connectivity index (χ0n) is 14.0. The van der Waals surface area contributed by atoms with Crippen molar-refractivity contribution < 1.29 is 19.8 Å². The Bertz CT molecular complexity index is 574. The van der Waals surface area contributed by atoms with Crippen molar-refractivity contribution in [2.75, 3.05) is 26.8 Å². The number of carbonyl (C=O) groups excluding carboxylic acids is 2. The van der Waals surface area contributed by atoms with Crippen LogP contribution in [0.2, 0.25) is 0 Å². The summed E-state index contributed by atoms with van der Waals surface area (Å²) in [7, 11) is 1.77. The van der Waals surface area contributed by atoms with Crippen LogP contribution in [-0.2, 0) is 4.79 Å². The SMILES string of the molecule is CN1C(=O)C[C@@H](CNC(=O)NC(C)(CO)CO)[C@@H]1c1ccccc1. The fraction of sp³-hybridized carbons (Fsp3) is 0.529. The molecular weight excluding hydrogens is 310 g/mol. The molecule has 2 rings (SSSR count). The normalized spacial score (nSPS) is 21.0. The number of benzene rings is 1. The van der Waals surface area contributed by atoms with E-state index in [4.69, 9.17) is 0 Å². The molecule has 132 valence electrons. The Labute approximate surface area is 141 Å². The van der Waals surface area contributed by atoms with E-state index in [1.165, 1.54) is 0 Å². The van der Waals surface area contributed by atoms with Gasteiger partial charge in [0.25, 0.3) is 0 Å². The first-order valence-corrected chi connectivity index (χ1v) is 7.98. The quantitative estimate of drug-likeness (QED) is 0.598. The van der Waals surface area contributed by atoms with Gasteiger partial charge in [0.05, 0.1) is 24.8 Å². The highest BCUT2D eigenvalue weighted by molar-refractivity contribution is 5.80. The molecule has 0 unspecified atom stereocenters. The Morgan fingerprint density at radius 1 is 1.29 bits per heavy atom. The van der Waals surface area contributed by atoms with E-state index in [-0.39, 0.29) is 31.1 Å². The molecule has 0 saturated carbocycles. The van der Waals surface area contributed by atoms with Crippen LogP contribution >= 0.6 is 0 Å². The van der Waals surface area contributed by atoms with Crippen molar-refractivity contribution in [3.05, 3.63) is 35.9 Å². The van der Waals surface area contributed by atoms with Gasteiger partial charge in [-0.05, 0) is 12.5 Å². The van der Waals surface area contributed by atoms with Crippen LogP contribution in [0.1, 0.15) is 24.9 Å². The van der Waals surface area contributed by atoms with Crippen LogP contribution in [0.5, 0.6) is 0 Å². The molecule has 1 heterocycles. The monoisotopic (exact) mass is 335 g/mol. The summed E-state index contributed by atoms with van der Waals surface area (Å²) in [6.45, 7) is 1.14. The molecule has 1 aliphatic heterocycles. The van der Waals surface area contributed by atoms with Crippen LogP contribution in [0.4, 0.5) is 4.79 Å². The number of nitrogens with one attached hydrogen (secondary N) is 2. The Kier molecular flexibility index (Phi) is 5.80. The van der Waals surface area contributed by atoms with Crippen molar-refractivity contribution >= 4 is 11.9 Å². The standard InChI is InChI=1S/C17H25N3O4/c1-17(10-21,11-22)19-16(24)18-9-13-8-14(23)20(2)15(13)12-6-4-3-5-7-12/h3-7,13,15,21-22H,8-11H2,1-2H3,(H2,18,19,24)/t13-,15-/m0/s1. The van der Waals surface area contributed by atoms with Crippen molar-refractivity contribution in [1.29, 1.82) is 0 Å². The number of urea groups is 1. The predicted octanol–water partition coefficient (Wildman–Crippen LogP) is 0.249. The van der Waals surface area contributed by atoms with Gasteiger partial charge in [0.1, 0.15) is 0 Å². The molecule has 1 saturated heterocycles. The van der Waals surface area contributed by atoms with Crippen LogP contribution in [0, 0.1) is 5.92 Å². The first-order chi connectivity index (χ1) is 11.4. The lowest BCUT2D eigenvalue weighted by Crippen LogP contribution is -2.55. The highest BCUT2D eigenvalue weighted by Crippen LogP contribution is 2.36. The van der Waals surface area contributed by atoms with E-state index in [0.29, 0.717) is 13.0 Å². The van der Waals surface area contributed by atoms with E-state index in [2.05, 4.69) is 10.6 Å². The van der Waals surface area contributed by atoms with Crippen molar-refractivity contribution in [3.63, 3.8) is 0 Å². The lowest BCUT2D eigenvalue weighted by atomic mass is 9.93. The van der Waals surface area contributed by atoms with E-state index in [1.54, 1.807) is 18.9 Å². The summed E-state index contributed by atoms with van der Waals surface area (Å²) >= 11 is 0. The van der Waals surface area contributed by atoms with Crippen LogP contribution in [0.3, 0.4) is 0 Å². The van der Waals surface area contributed by atoms with Crippen LogP contribution in [0.25, 0.3) is 0 Å². The van der Waals surface area contributed by atoms with E-state index >= 15 is 0 Å². The molecule has 1 aliphatic rings. The molecule has 1 aromatic carbocycles. The van der Waals surface area contributed by atoms with Gasteiger partial charge >= 0.3 is 6.03 Å².